The molecule has 4 aromatic rings. The van der Waals surface area contributed by atoms with E-state index in [1.54, 1.807) is 30.5 Å². The van der Waals surface area contributed by atoms with E-state index in [1.165, 1.54) is 17.9 Å². The molecule has 0 amide bonds. The number of nitro groups is 1. The number of aromatic nitrogens is 4. The number of rotatable bonds is 5. The van der Waals surface area contributed by atoms with Crippen LogP contribution < -0.4 is 0 Å². The van der Waals surface area contributed by atoms with Crippen molar-refractivity contribution < 1.29 is 14.5 Å². The van der Waals surface area contributed by atoms with Crippen LogP contribution >= 0.6 is 0 Å². The maximum atomic E-state index is 12.1. The number of methoxy groups -OCH3 is 1. The fraction of sp³-hybridized carbons (Fsp3) is 0.150. The predicted octanol–water partition coefficient (Wildman–Crippen LogP) is 3.60. The van der Waals surface area contributed by atoms with E-state index in [0.29, 0.717) is 12.2 Å². The van der Waals surface area contributed by atoms with Crippen molar-refractivity contribution in [2.75, 3.05) is 7.11 Å². The second-order valence-corrected chi connectivity index (χ2v) is 6.30. The van der Waals surface area contributed by atoms with Gasteiger partial charge in [0.1, 0.15) is 5.69 Å². The van der Waals surface area contributed by atoms with E-state index in [-0.39, 0.29) is 17.1 Å². The Kier molecular flexibility index (Phi) is 4.55. The number of nitro benzene ring substituents is 1. The molecule has 9 nitrogen and oxygen atoms in total. The van der Waals surface area contributed by atoms with Crippen LogP contribution in [-0.2, 0) is 11.3 Å². The van der Waals surface area contributed by atoms with Crippen LogP contribution in [0, 0.1) is 10.1 Å². The number of esters is 1. The topological polar surface area (TPSA) is 105 Å². The molecule has 0 radical (unpaired) electrons. The van der Waals surface area contributed by atoms with E-state index in [9.17, 15) is 14.9 Å². The van der Waals surface area contributed by atoms with Crippen LogP contribution in [0.4, 0.5) is 5.69 Å². The Morgan fingerprint density at radius 3 is 2.72 bits per heavy atom. The van der Waals surface area contributed by atoms with Gasteiger partial charge in [-0.05, 0) is 25.1 Å². The van der Waals surface area contributed by atoms with Gasteiger partial charge in [-0.1, -0.05) is 24.3 Å². The Balaban J connectivity index is 1.97. The Hall–Kier alpha value is -4.01. The Morgan fingerprint density at radius 1 is 1.21 bits per heavy atom. The lowest BCUT2D eigenvalue weighted by molar-refractivity contribution is -0.384. The molecule has 0 aliphatic heterocycles. The molecule has 0 saturated heterocycles. The van der Waals surface area contributed by atoms with E-state index in [1.807, 2.05) is 29.8 Å². The number of hydrogen-bond donors (Lipinski definition) is 0. The number of ether oxygens (including phenoxy) is 1. The molecular formula is C20H17N5O4. The molecule has 2 heterocycles. The quantitative estimate of drug-likeness (QED) is 0.292. The van der Waals surface area contributed by atoms with Gasteiger partial charge < -0.3 is 4.74 Å². The summed E-state index contributed by atoms with van der Waals surface area (Å²) in [6, 6.07) is 13.5. The van der Waals surface area contributed by atoms with Crippen LogP contribution in [0.25, 0.3) is 27.8 Å². The lowest BCUT2D eigenvalue weighted by Crippen LogP contribution is -2.06. The maximum absolute atomic E-state index is 12.1. The van der Waals surface area contributed by atoms with Gasteiger partial charge in [0.15, 0.2) is 5.69 Å². The minimum atomic E-state index is -0.622. The molecule has 0 fully saturated rings. The molecule has 0 aliphatic carbocycles. The molecule has 146 valence electrons. The molecule has 4 rings (SSSR count). The Bertz CT molecular complexity index is 1240. The minimum absolute atomic E-state index is 0.0600. The number of hydrogen-bond acceptors (Lipinski definition) is 6. The smallest absolute Gasteiger partial charge is 0.358 e. The van der Waals surface area contributed by atoms with Gasteiger partial charge in [-0.15, -0.1) is 0 Å². The molecule has 29 heavy (non-hydrogen) atoms. The van der Waals surface area contributed by atoms with Crippen molar-refractivity contribution in [2.24, 2.45) is 0 Å². The molecule has 0 bridgehead atoms. The van der Waals surface area contributed by atoms with Crippen molar-refractivity contribution in [1.82, 2.24) is 19.6 Å². The van der Waals surface area contributed by atoms with Gasteiger partial charge in [-0.25, -0.2) is 9.48 Å². The SMILES string of the molecule is CCn1ncc2ccc(-c3cc(C(=O)OC)nn3-c3ccccc3[N+](=O)[O-])cc21. The zero-order valence-corrected chi connectivity index (χ0v) is 15.8. The van der Waals surface area contributed by atoms with E-state index < -0.39 is 10.9 Å². The first-order valence-corrected chi connectivity index (χ1v) is 8.91. The van der Waals surface area contributed by atoms with E-state index in [0.717, 1.165) is 16.5 Å². The normalized spacial score (nSPS) is 11.0. The fourth-order valence-electron chi connectivity index (χ4n) is 3.25. The van der Waals surface area contributed by atoms with Crippen molar-refractivity contribution in [3.8, 4) is 16.9 Å². The highest BCUT2D eigenvalue weighted by molar-refractivity contribution is 5.90. The van der Waals surface area contributed by atoms with Gasteiger partial charge in [-0.3, -0.25) is 14.8 Å². The third-order valence-corrected chi connectivity index (χ3v) is 4.65. The third kappa shape index (κ3) is 3.12. The summed E-state index contributed by atoms with van der Waals surface area (Å²) in [5, 5.41) is 21.1. The monoisotopic (exact) mass is 391 g/mol. The highest BCUT2D eigenvalue weighted by Crippen LogP contribution is 2.31. The van der Waals surface area contributed by atoms with Crippen molar-refractivity contribution in [3.05, 3.63) is 70.5 Å². The molecule has 9 heteroatoms. The number of benzene rings is 2. The Morgan fingerprint density at radius 2 is 2.00 bits per heavy atom. The van der Waals surface area contributed by atoms with E-state index in [2.05, 4.69) is 10.2 Å². The summed E-state index contributed by atoms with van der Waals surface area (Å²) < 4.78 is 8.04. The van der Waals surface area contributed by atoms with Gasteiger partial charge >= 0.3 is 5.97 Å². The third-order valence-electron chi connectivity index (χ3n) is 4.65. The lowest BCUT2D eigenvalue weighted by atomic mass is 10.1. The summed E-state index contributed by atoms with van der Waals surface area (Å²) in [6.07, 6.45) is 1.78. The van der Waals surface area contributed by atoms with Gasteiger partial charge in [0.2, 0.25) is 0 Å². The van der Waals surface area contributed by atoms with Crippen molar-refractivity contribution in [1.29, 1.82) is 0 Å². The van der Waals surface area contributed by atoms with Crippen molar-refractivity contribution in [3.63, 3.8) is 0 Å². The van der Waals surface area contributed by atoms with E-state index >= 15 is 0 Å². The number of aryl methyl sites for hydroxylation is 1. The second kappa shape index (κ2) is 7.19. The summed E-state index contributed by atoms with van der Waals surface area (Å²) in [4.78, 5) is 23.1. The van der Waals surface area contributed by atoms with Crippen LogP contribution in [0.3, 0.4) is 0 Å². The average molecular weight is 391 g/mol. The zero-order valence-electron chi connectivity index (χ0n) is 15.8. The largest absolute Gasteiger partial charge is 0.464 e. The molecule has 2 aromatic carbocycles. The summed E-state index contributed by atoms with van der Waals surface area (Å²) in [5.41, 5.74) is 2.39. The van der Waals surface area contributed by atoms with Gasteiger partial charge in [0, 0.05) is 23.6 Å². The van der Waals surface area contributed by atoms with Gasteiger partial charge in [0.25, 0.3) is 5.69 Å². The minimum Gasteiger partial charge on any atom is -0.464 e. The molecule has 2 aromatic heterocycles. The molecule has 0 aliphatic rings. The summed E-state index contributed by atoms with van der Waals surface area (Å²) >= 11 is 0. The number of carbonyl (C=O) groups is 1. The molecular weight excluding hydrogens is 374 g/mol. The van der Waals surface area contributed by atoms with E-state index in [4.69, 9.17) is 4.74 Å². The maximum Gasteiger partial charge on any atom is 0.358 e. The fourth-order valence-corrected chi connectivity index (χ4v) is 3.25. The molecule has 0 spiro atoms. The van der Waals surface area contributed by atoms with Crippen LogP contribution in [0.1, 0.15) is 17.4 Å². The first-order chi connectivity index (χ1) is 14.0. The van der Waals surface area contributed by atoms with Gasteiger partial charge in [-0.2, -0.15) is 10.2 Å². The average Bonchev–Trinajstić information content (AvgIpc) is 3.36. The van der Waals surface area contributed by atoms with Crippen LogP contribution in [0.15, 0.2) is 54.7 Å². The van der Waals surface area contributed by atoms with Gasteiger partial charge in [0.05, 0.1) is 29.4 Å². The molecule has 0 N–H and O–H groups in total. The first-order valence-electron chi connectivity index (χ1n) is 8.91. The van der Waals surface area contributed by atoms with Crippen LogP contribution in [0.2, 0.25) is 0 Å². The Labute approximate surface area is 165 Å². The summed E-state index contributed by atoms with van der Waals surface area (Å²) in [6.45, 7) is 2.69. The van der Waals surface area contributed by atoms with Crippen LogP contribution in [-0.4, -0.2) is 37.6 Å². The molecule has 0 unspecified atom stereocenters. The molecule has 0 saturated carbocycles. The highest BCUT2D eigenvalue weighted by Gasteiger charge is 2.22. The molecule has 0 atom stereocenters. The summed E-state index contributed by atoms with van der Waals surface area (Å²) in [5.74, 6) is -0.622. The highest BCUT2D eigenvalue weighted by atomic mass is 16.6. The van der Waals surface area contributed by atoms with Crippen molar-refractivity contribution in [2.45, 2.75) is 13.5 Å². The second-order valence-electron chi connectivity index (χ2n) is 6.30. The zero-order chi connectivity index (χ0) is 20.5. The number of carbonyl (C=O) groups excluding carboxylic acids is 1. The number of para-hydroxylation sites is 2. The number of nitrogens with zero attached hydrogens (tertiary/aromatic N) is 5. The van der Waals surface area contributed by atoms with Crippen molar-refractivity contribution >= 4 is 22.6 Å². The van der Waals surface area contributed by atoms with Crippen LogP contribution in [0.5, 0.6) is 0 Å². The predicted molar refractivity (Wildman–Crippen MR) is 106 cm³/mol. The summed E-state index contributed by atoms with van der Waals surface area (Å²) in [7, 11) is 1.26. The standard InChI is InChI=1S/C20H17N5O4/c1-3-23-18-10-13(8-9-14(18)12-21-23)19-11-15(20(26)29-2)22-24(19)16-6-4-5-7-17(16)25(27)28/h4-12H,3H2,1-2H3. The lowest BCUT2D eigenvalue weighted by Gasteiger charge is -2.09. The number of fused-ring (bicyclic) bond motifs is 1. The first kappa shape index (κ1) is 18.4.